The van der Waals surface area contributed by atoms with Gasteiger partial charge in [-0.05, 0) is 42.7 Å². The summed E-state index contributed by atoms with van der Waals surface area (Å²) in [7, 11) is 0. The third-order valence-corrected chi connectivity index (χ3v) is 3.38. The highest BCUT2D eigenvalue weighted by Gasteiger charge is 2.23. The fraction of sp³-hybridized carbons (Fsp3) is 0.200. The maximum atomic E-state index is 13.4. The number of hydrogen-bond donors (Lipinski definition) is 1. The summed E-state index contributed by atoms with van der Waals surface area (Å²) in [5, 5.41) is 0.225. The predicted octanol–water partition coefficient (Wildman–Crippen LogP) is 4.27. The molecule has 19 heavy (non-hydrogen) atoms. The van der Waals surface area contributed by atoms with Crippen molar-refractivity contribution >= 4 is 17.3 Å². The van der Waals surface area contributed by atoms with Gasteiger partial charge in [0.05, 0.1) is 16.8 Å². The molecule has 0 radical (unpaired) electrons. The average Bonchev–Trinajstić information content (AvgIpc) is 3.18. The minimum Gasteiger partial charge on any atom is -0.490 e. The van der Waals surface area contributed by atoms with E-state index in [1.165, 1.54) is 12.1 Å². The van der Waals surface area contributed by atoms with E-state index in [-0.39, 0.29) is 5.02 Å². The number of ether oxygens (including phenoxy) is 1. The number of nitrogens with two attached hydrogens (primary N) is 1. The van der Waals surface area contributed by atoms with E-state index >= 15 is 0 Å². The molecule has 4 heteroatoms. The van der Waals surface area contributed by atoms with E-state index in [0.29, 0.717) is 17.4 Å². The SMILES string of the molecule is Nc1c(Cl)cc(F)cc1-c1cccc(OC2CC2)c1. The van der Waals surface area contributed by atoms with Crippen LogP contribution in [-0.2, 0) is 0 Å². The molecule has 0 aromatic heterocycles. The first-order chi connectivity index (χ1) is 9.13. The van der Waals surface area contributed by atoms with Crippen LogP contribution in [0.15, 0.2) is 36.4 Å². The number of hydrogen-bond acceptors (Lipinski definition) is 2. The molecule has 0 atom stereocenters. The second kappa shape index (κ2) is 4.74. The molecule has 1 aliphatic carbocycles. The molecule has 0 unspecified atom stereocenters. The van der Waals surface area contributed by atoms with Crippen molar-refractivity contribution in [3.05, 3.63) is 47.2 Å². The molecular weight excluding hydrogens is 265 g/mol. The second-order valence-corrected chi connectivity index (χ2v) is 5.10. The van der Waals surface area contributed by atoms with Crippen LogP contribution in [0.25, 0.3) is 11.1 Å². The van der Waals surface area contributed by atoms with Gasteiger partial charge in [-0.25, -0.2) is 4.39 Å². The summed E-state index contributed by atoms with van der Waals surface area (Å²) >= 11 is 5.91. The fourth-order valence-corrected chi connectivity index (χ4v) is 2.14. The van der Waals surface area contributed by atoms with Crippen molar-refractivity contribution in [3.8, 4) is 16.9 Å². The fourth-order valence-electron chi connectivity index (χ4n) is 1.94. The smallest absolute Gasteiger partial charge is 0.125 e. The Morgan fingerprint density at radius 1 is 1.21 bits per heavy atom. The van der Waals surface area contributed by atoms with Crippen molar-refractivity contribution < 1.29 is 9.13 Å². The number of halogens is 2. The van der Waals surface area contributed by atoms with Crippen LogP contribution in [0.4, 0.5) is 10.1 Å². The van der Waals surface area contributed by atoms with Crippen molar-refractivity contribution in [1.29, 1.82) is 0 Å². The molecule has 0 spiro atoms. The molecule has 98 valence electrons. The molecule has 2 N–H and O–H groups in total. The Bertz CT molecular complexity index is 626. The van der Waals surface area contributed by atoms with Gasteiger partial charge in [-0.1, -0.05) is 23.7 Å². The molecular formula is C15H13ClFNO. The van der Waals surface area contributed by atoms with Crippen LogP contribution in [0.2, 0.25) is 5.02 Å². The first-order valence-corrected chi connectivity index (χ1v) is 6.53. The highest BCUT2D eigenvalue weighted by molar-refractivity contribution is 6.33. The monoisotopic (exact) mass is 277 g/mol. The first kappa shape index (κ1) is 12.3. The average molecular weight is 278 g/mol. The topological polar surface area (TPSA) is 35.2 Å². The summed E-state index contributed by atoms with van der Waals surface area (Å²) < 4.78 is 19.2. The maximum Gasteiger partial charge on any atom is 0.125 e. The molecule has 1 fully saturated rings. The van der Waals surface area contributed by atoms with Gasteiger partial charge in [0.1, 0.15) is 11.6 Å². The van der Waals surface area contributed by atoms with Gasteiger partial charge < -0.3 is 10.5 Å². The molecule has 3 rings (SSSR count). The molecule has 0 heterocycles. The first-order valence-electron chi connectivity index (χ1n) is 6.15. The Hall–Kier alpha value is -1.74. The molecule has 2 aromatic rings. The van der Waals surface area contributed by atoms with Gasteiger partial charge in [-0.3, -0.25) is 0 Å². The zero-order valence-electron chi connectivity index (χ0n) is 10.2. The van der Waals surface area contributed by atoms with Crippen molar-refractivity contribution in [1.82, 2.24) is 0 Å². The van der Waals surface area contributed by atoms with Crippen LogP contribution in [0.3, 0.4) is 0 Å². The number of anilines is 1. The summed E-state index contributed by atoms with van der Waals surface area (Å²) in [6.45, 7) is 0. The molecule has 2 aromatic carbocycles. The number of rotatable bonds is 3. The Balaban J connectivity index is 2.01. The van der Waals surface area contributed by atoms with E-state index < -0.39 is 5.82 Å². The van der Waals surface area contributed by atoms with Crippen LogP contribution in [0.1, 0.15) is 12.8 Å². The Morgan fingerprint density at radius 2 is 2.00 bits per heavy atom. The zero-order chi connectivity index (χ0) is 13.4. The lowest BCUT2D eigenvalue weighted by Crippen LogP contribution is -1.97. The van der Waals surface area contributed by atoms with E-state index in [1.807, 2.05) is 24.3 Å². The van der Waals surface area contributed by atoms with E-state index in [4.69, 9.17) is 22.1 Å². The molecule has 2 nitrogen and oxygen atoms in total. The van der Waals surface area contributed by atoms with Gasteiger partial charge in [-0.15, -0.1) is 0 Å². The van der Waals surface area contributed by atoms with Gasteiger partial charge in [0.15, 0.2) is 0 Å². The van der Waals surface area contributed by atoms with Gasteiger partial charge >= 0.3 is 0 Å². The molecule has 0 aliphatic heterocycles. The minimum absolute atomic E-state index is 0.225. The standard InChI is InChI=1S/C15H13ClFNO/c16-14-8-10(17)7-13(15(14)18)9-2-1-3-12(6-9)19-11-4-5-11/h1-3,6-8,11H,4-5,18H2. The summed E-state index contributed by atoms with van der Waals surface area (Å²) in [5.41, 5.74) is 7.68. The lowest BCUT2D eigenvalue weighted by molar-refractivity contribution is 0.303. The van der Waals surface area contributed by atoms with E-state index in [2.05, 4.69) is 0 Å². The quantitative estimate of drug-likeness (QED) is 0.851. The van der Waals surface area contributed by atoms with Crippen LogP contribution in [0.5, 0.6) is 5.75 Å². The maximum absolute atomic E-state index is 13.4. The lowest BCUT2D eigenvalue weighted by Gasteiger charge is -2.10. The Kier molecular flexibility index (Phi) is 3.07. The van der Waals surface area contributed by atoms with Gasteiger partial charge in [0.2, 0.25) is 0 Å². The molecule has 1 aliphatic rings. The largest absolute Gasteiger partial charge is 0.490 e. The van der Waals surface area contributed by atoms with E-state index in [0.717, 1.165) is 24.2 Å². The highest BCUT2D eigenvalue weighted by Crippen LogP contribution is 2.35. The zero-order valence-corrected chi connectivity index (χ0v) is 11.0. The summed E-state index contributed by atoms with van der Waals surface area (Å²) in [5.74, 6) is 0.377. The van der Waals surface area contributed by atoms with Gasteiger partial charge in [0, 0.05) is 5.56 Å². The molecule has 1 saturated carbocycles. The highest BCUT2D eigenvalue weighted by atomic mass is 35.5. The van der Waals surface area contributed by atoms with Crippen LogP contribution in [-0.4, -0.2) is 6.10 Å². The Labute approximate surface area is 115 Å². The summed E-state index contributed by atoms with van der Waals surface area (Å²) in [4.78, 5) is 0. The van der Waals surface area contributed by atoms with Gasteiger partial charge in [0.25, 0.3) is 0 Å². The van der Waals surface area contributed by atoms with Crippen molar-refractivity contribution in [2.45, 2.75) is 18.9 Å². The van der Waals surface area contributed by atoms with Crippen molar-refractivity contribution in [2.75, 3.05) is 5.73 Å². The van der Waals surface area contributed by atoms with E-state index in [9.17, 15) is 4.39 Å². The summed E-state index contributed by atoms with van der Waals surface area (Å²) in [6.07, 6.45) is 2.51. The van der Waals surface area contributed by atoms with Crippen molar-refractivity contribution in [2.24, 2.45) is 0 Å². The van der Waals surface area contributed by atoms with Gasteiger partial charge in [-0.2, -0.15) is 0 Å². The molecule has 0 amide bonds. The summed E-state index contributed by atoms with van der Waals surface area (Å²) in [6, 6.07) is 10.1. The van der Waals surface area contributed by atoms with E-state index in [1.54, 1.807) is 0 Å². The van der Waals surface area contributed by atoms with Crippen LogP contribution < -0.4 is 10.5 Å². The lowest BCUT2D eigenvalue weighted by atomic mass is 10.0. The number of nitrogen functional groups attached to an aromatic ring is 1. The molecule has 0 saturated heterocycles. The third kappa shape index (κ3) is 2.66. The van der Waals surface area contributed by atoms with Crippen LogP contribution in [0, 0.1) is 5.82 Å². The van der Waals surface area contributed by atoms with Crippen LogP contribution >= 0.6 is 11.6 Å². The normalized spacial score (nSPS) is 14.4. The predicted molar refractivity (Wildman–Crippen MR) is 74.9 cm³/mol. The number of benzene rings is 2. The molecule has 0 bridgehead atoms. The third-order valence-electron chi connectivity index (χ3n) is 3.07. The van der Waals surface area contributed by atoms with Crippen molar-refractivity contribution in [3.63, 3.8) is 0 Å². The Morgan fingerprint density at radius 3 is 2.74 bits per heavy atom. The second-order valence-electron chi connectivity index (χ2n) is 4.69. The minimum atomic E-state index is -0.400.